The van der Waals surface area contributed by atoms with Gasteiger partial charge in [0, 0.05) is 55.2 Å². The maximum atomic E-state index is 5.39. The molecule has 2 heterocycles. The van der Waals surface area contributed by atoms with Gasteiger partial charge in [-0.25, -0.2) is 15.0 Å². The monoisotopic (exact) mass is 702 g/mol. The molecule has 0 saturated carbocycles. The van der Waals surface area contributed by atoms with E-state index in [0.29, 0.717) is 5.82 Å². The van der Waals surface area contributed by atoms with Crippen LogP contribution in [0.2, 0.25) is 0 Å². The number of anilines is 3. The third-order valence-corrected chi connectivity index (χ3v) is 10.2. The van der Waals surface area contributed by atoms with E-state index in [2.05, 4.69) is 175 Å². The van der Waals surface area contributed by atoms with Crippen LogP contribution in [-0.4, -0.2) is 15.0 Å². The molecule has 0 radical (unpaired) electrons. The summed E-state index contributed by atoms with van der Waals surface area (Å²) in [5.41, 5.74) is 11.0. The van der Waals surface area contributed by atoms with E-state index in [1.165, 1.54) is 16.2 Å². The Hall–Kier alpha value is -7.43. The molecule has 10 aromatic rings. The number of para-hydroxylation sites is 3. The van der Waals surface area contributed by atoms with E-state index in [1.54, 1.807) is 0 Å². The molecule has 0 aliphatic heterocycles. The highest BCUT2D eigenvalue weighted by Gasteiger charge is 2.21. The molecule has 2 aromatic heterocycles. The zero-order valence-corrected chi connectivity index (χ0v) is 29.9. The zero-order valence-electron chi connectivity index (χ0n) is 29.9. The Balaban J connectivity index is 1.18. The number of nitrogens with zero attached hydrogens (tertiary/aromatic N) is 4. The molecule has 4 nitrogen and oxygen atoms in total. The minimum Gasteiger partial charge on any atom is -0.310 e. The van der Waals surface area contributed by atoms with E-state index in [9.17, 15) is 0 Å². The van der Waals surface area contributed by atoms with Crippen molar-refractivity contribution >= 4 is 49.5 Å². The number of fused-ring (bicyclic) bond motifs is 5. The summed E-state index contributed by atoms with van der Waals surface area (Å²) in [4.78, 5) is 17.9. The highest BCUT2D eigenvalue weighted by molar-refractivity contribution is 6.25. The van der Waals surface area contributed by atoms with Crippen LogP contribution in [0.1, 0.15) is 0 Å². The first-order chi connectivity index (χ1) is 27.3. The summed E-state index contributed by atoms with van der Waals surface area (Å²) in [6.45, 7) is 0. The minimum absolute atomic E-state index is 0.678. The quantitative estimate of drug-likeness (QED) is 0.155. The Bertz CT molecular complexity index is 2850. The SMILES string of the molecule is c1ccc(-c2cc(-c3ccccc3)nc(-c3ccc(-c4nc5ccccc5c5c4cc(N(c4ccccc4)c4ccccc4)c4ccccc45)cc3)n2)cc1. The fraction of sp³-hybridized carbons (Fsp3) is 0. The summed E-state index contributed by atoms with van der Waals surface area (Å²) in [6, 6.07) is 72.0. The molecular weight excluding hydrogens is 669 g/mol. The number of hydrogen-bond acceptors (Lipinski definition) is 4. The van der Waals surface area contributed by atoms with Crippen LogP contribution < -0.4 is 4.90 Å². The van der Waals surface area contributed by atoms with Crippen LogP contribution in [0.4, 0.5) is 17.1 Å². The van der Waals surface area contributed by atoms with Crippen LogP contribution in [0.25, 0.3) is 77.6 Å². The van der Waals surface area contributed by atoms with E-state index in [1.807, 2.05) is 36.4 Å². The molecule has 4 heteroatoms. The van der Waals surface area contributed by atoms with Gasteiger partial charge in [-0.3, -0.25) is 0 Å². The van der Waals surface area contributed by atoms with Crippen LogP contribution >= 0.6 is 0 Å². The van der Waals surface area contributed by atoms with Gasteiger partial charge < -0.3 is 4.90 Å². The normalized spacial score (nSPS) is 11.3. The lowest BCUT2D eigenvalue weighted by molar-refractivity contribution is 1.18. The molecular formula is C51H34N4. The van der Waals surface area contributed by atoms with Crippen molar-refractivity contribution in [1.29, 1.82) is 0 Å². The molecule has 0 unspecified atom stereocenters. The third-order valence-electron chi connectivity index (χ3n) is 10.2. The van der Waals surface area contributed by atoms with E-state index in [-0.39, 0.29) is 0 Å². The van der Waals surface area contributed by atoms with Crippen molar-refractivity contribution < 1.29 is 0 Å². The van der Waals surface area contributed by atoms with Gasteiger partial charge in [-0.2, -0.15) is 0 Å². The van der Waals surface area contributed by atoms with Crippen molar-refractivity contribution in [1.82, 2.24) is 15.0 Å². The zero-order chi connectivity index (χ0) is 36.6. The molecule has 0 aliphatic carbocycles. The second-order valence-corrected chi connectivity index (χ2v) is 13.6. The molecule has 8 aromatic carbocycles. The summed E-state index contributed by atoms with van der Waals surface area (Å²) in [6.07, 6.45) is 0. The topological polar surface area (TPSA) is 41.9 Å². The highest BCUT2D eigenvalue weighted by atomic mass is 15.1. The van der Waals surface area contributed by atoms with Crippen molar-refractivity contribution in [3.63, 3.8) is 0 Å². The van der Waals surface area contributed by atoms with Crippen LogP contribution in [0.3, 0.4) is 0 Å². The van der Waals surface area contributed by atoms with Gasteiger partial charge in [0.1, 0.15) is 0 Å². The molecule has 0 fully saturated rings. The van der Waals surface area contributed by atoms with Gasteiger partial charge in [-0.05, 0) is 47.9 Å². The molecule has 0 atom stereocenters. The second kappa shape index (κ2) is 13.8. The van der Waals surface area contributed by atoms with Crippen molar-refractivity contribution in [2.75, 3.05) is 4.90 Å². The van der Waals surface area contributed by atoms with Gasteiger partial charge in [0.05, 0.1) is 28.3 Å². The fourth-order valence-electron chi connectivity index (χ4n) is 7.65. The van der Waals surface area contributed by atoms with Crippen LogP contribution in [-0.2, 0) is 0 Å². The first-order valence-corrected chi connectivity index (χ1v) is 18.5. The Morgan fingerprint density at radius 1 is 0.327 bits per heavy atom. The predicted octanol–water partition coefficient (Wildman–Crippen LogP) is 13.5. The molecule has 10 rings (SSSR count). The number of hydrogen-bond donors (Lipinski definition) is 0. The van der Waals surface area contributed by atoms with Crippen molar-refractivity contribution in [3.05, 3.63) is 206 Å². The molecule has 0 saturated heterocycles. The molecule has 0 N–H and O–H groups in total. The highest BCUT2D eigenvalue weighted by Crippen LogP contribution is 2.45. The number of benzene rings is 8. The Kier molecular flexibility index (Phi) is 8.12. The summed E-state index contributed by atoms with van der Waals surface area (Å²) >= 11 is 0. The summed E-state index contributed by atoms with van der Waals surface area (Å²) in [7, 11) is 0. The molecule has 0 aliphatic rings. The minimum atomic E-state index is 0.678. The summed E-state index contributed by atoms with van der Waals surface area (Å²) in [5.74, 6) is 0.678. The standard InChI is InChI=1S/C51H34N4/c1-5-17-35(18-6-1)46-34-47(36-19-7-2-8-20-36)54-51(53-46)38-31-29-37(30-32-38)50-44-33-48(55(39-21-9-3-10-22-39)40-23-11-4-12-24-40)41-25-13-14-26-42(41)49(44)43-27-15-16-28-45(43)52-50/h1-34H. The summed E-state index contributed by atoms with van der Waals surface area (Å²) in [5, 5.41) is 5.77. The lowest BCUT2D eigenvalue weighted by Crippen LogP contribution is -2.10. The van der Waals surface area contributed by atoms with Crippen molar-refractivity contribution in [2.24, 2.45) is 0 Å². The van der Waals surface area contributed by atoms with Gasteiger partial charge in [-0.15, -0.1) is 0 Å². The van der Waals surface area contributed by atoms with Crippen molar-refractivity contribution in [3.8, 4) is 45.2 Å². The largest absolute Gasteiger partial charge is 0.310 e. The Labute approximate surface area is 319 Å². The van der Waals surface area contributed by atoms with Gasteiger partial charge in [-0.1, -0.05) is 164 Å². The molecule has 258 valence electrons. The average molecular weight is 703 g/mol. The van der Waals surface area contributed by atoms with E-state index in [4.69, 9.17) is 15.0 Å². The first kappa shape index (κ1) is 32.2. The van der Waals surface area contributed by atoms with Gasteiger partial charge in [0.15, 0.2) is 5.82 Å². The molecule has 0 bridgehead atoms. The summed E-state index contributed by atoms with van der Waals surface area (Å²) < 4.78 is 0. The lowest BCUT2D eigenvalue weighted by atomic mass is 9.93. The van der Waals surface area contributed by atoms with Gasteiger partial charge in [0.2, 0.25) is 0 Å². The first-order valence-electron chi connectivity index (χ1n) is 18.5. The number of aromatic nitrogens is 3. The number of rotatable bonds is 7. The maximum absolute atomic E-state index is 5.39. The fourth-order valence-corrected chi connectivity index (χ4v) is 7.65. The van der Waals surface area contributed by atoms with Crippen LogP contribution in [0.5, 0.6) is 0 Å². The Morgan fingerprint density at radius 2 is 0.800 bits per heavy atom. The van der Waals surface area contributed by atoms with E-state index < -0.39 is 0 Å². The molecule has 0 spiro atoms. The van der Waals surface area contributed by atoms with Crippen LogP contribution in [0, 0.1) is 0 Å². The van der Waals surface area contributed by atoms with Crippen LogP contribution in [0.15, 0.2) is 206 Å². The van der Waals surface area contributed by atoms with Gasteiger partial charge in [0.25, 0.3) is 0 Å². The Morgan fingerprint density at radius 3 is 1.38 bits per heavy atom. The lowest BCUT2D eigenvalue weighted by Gasteiger charge is -2.28. The smallest absolute Gasteiger partial charge is 0.160 e. The average Bonchev–Trinajstić information content (AvgIpc) is 3.27. The van der Waals surface area contributed by atoms with Gasteiger partial charge >= 0.3 is 0 Å². The molecule has 55 heavy (non-hydrogen) atoms. The number of pyridine rings is 1. The van der Waals surface area contributed by atoms with E-state index in [0.717, 1.165) is 72.7 Å². The predicted molar refractivity (Wildman–Crippen MR) is 229 cm³/mol. The maximum Gasteiger partial charge on any atom is 0.160 e. The molecule has 0 amide bonds. The van der Waals surface area contributed by atoms with Crippen molar-refractivity contribution in [2.45, 2.75) is 0 Å². The van der Waals surface area contributed by atoms with E-state index >= 15 is 0 Å². The third kappa shape index (κ3) is 5.96. The second-order valence-electron chi connectivity index (χ2n) is 13.6.